The van der Waals surface area contributed by atoms with Crippen LogP contribution in [-0.2, 0) is 0 Å². The normalized spacial score (nSPS) is 11.7. The molecule has 25 rings (SSSR count). The van der Waals surface area contributed by atoms with Crippen LogP contribution in [0.3, 0.4) is 0 Å². The fraction of sp³-hybridized carbons (Fsp3) is 0. The number of nitrogens with zero attached hydrogens (tertiary/aromatic N) is 8. The van der Waals surface area contributed by atoms with E-state index in [4.69, 9.17) is 19.9 Å². The third kappa shape index (κ3) is 12.2. The molecule has 0 atom stereocenters. The van der Waals surface area contributed by atoms with E-state index in [1.165, 1.54) is 114 Å². The Morgan fingerprint density at radius 2 is 0.468 bits per heavy atom. The Bertz CT molecular complexity index is 8500. The number of hydrogen-bond acceptors (Lipinski definition) is 4. The first kappa shape index (κ1) is 71.4. The molecule has 0 aliphatic heterocycles. The number of hydrogen-bond donors (Lipinski definition) is 0. The number of fused-ring (bicyclic) bond motifs is 15. The molecule has 8 heteroatoms. The summed E-state index contributed by atoms with van der Waals surface area (Å²) in [5.41, 5.74) is 28.2. The van der Waals surface area contributed by atoms with E-state index in [2.05, 4.69) is 455 Å². The third-order valence-corrected chi connectivity index (χ3v) is 24.9. The van der Waals surface area contributed by atoms with Crippen LogP contribution in [0.15, 0.2) is 449 Å². The van der Waals surface area contributed by atoms with E-state index in [-0.39, 0.29) is 0 Å². The van der Waals surface area contributed by atoms with Crippen molar-refractivity contribution in [3.8, 4) is 113 Å². The molecular formula is C116H74N8. The molecule has 0 aliphatic carbocycles. The second kappa shape index (κ2) is 29.7. The van der Waals surface area contributed by atoms with Gasteiger partial charge in [0.25, 0.3) is 0 Å². The monoisotopic (exact) mass is 1580 g/mol. The van der Waals surface area contributed by atoms with Crippen LogP contribution in [0, 0.1) is 0 Å². The summed E-state index contributed by atoms with van der Waals surface area (Å²) in [6.07, 6.45) is 0. The molecule has 0 amide bonds. The first-order valence-electron chi connectivity index (χ1n) is 42.2. The summed E-state index contributed by atoms with van der Waals surface area (Å²) in [6, 6.07) is 161. The van der Waals surface area contributed by atoms with Crippen molar-refractivity contribution in [2.24, 2.45) is 0 Å². The van der Waals surface area contributed by atoms with Crippen LogP contribution in [-0.4, -0.2) is 38.2 Å². The molecule has 0 spiro atoms. The number of aromatic nitrogens is 8. The van der Waals surface area contributed by atoms with Gasteiger partial charge in [-0.1, -0.05) is 334 Å². The molecule has 6 heterocycles. The molecule has 0 N–H and O–H groups in total. The molecule has 0 unspecified atom stereocenters. The molecule has 0 saturated heterocycles. The summed E-state index contributed by atoms with van der Waals surface area (Å²) in [7, 11) is 0. The Kier molecular flexibility index (Phi) is 17.1. The van der Waals surface area contributed by atoms with Gasteiger partial charge in [0.05, 0.1) is 72.6 Å². The maximum absolute atomic E-state index is 5.27. The van der Waals surface area contributed by atoms with Crippen molar-refractivity contribution in [3.05, 3.63) is 449 Å². The number of para-hydroxylation sites is 4. The minimum atomic E-state index is 0.685. The largest absolute Gasteiger partial charge is 0.309 e. The zero-order valence-corrected chi connectivity index (χ0v) is 67.3. The average molecular weight is 1580 g/mol. The van der Waals surface area contributed by atoms with Gasteiger partial charge < -0.3 is 18.3 Å². The lowest BCUT2D eigenvalue weighted by Crippen LogP contribution is -1.98. The highest BCUT2D eigenvalue weighted by atomic mass is 15.0. The Hall–Kier alpha value is -16.7. The molecular weight excluding hydrogens is 1510 g/mol. The van der Waals surface area contributed by atoms with E-state index in [0.717, 1.165) is 106 Å². The minimum absolute atomic E-state index is 0.685. The van der Waals surface area contributed by atoms with E-state index in [1.807, 2.05) is 12.1 Å². The van der Waals surface area contributed by atoms with Crippen LogP contribution in [0.25, 0.3) is 232 Å². The fourth-order valence-corrected chi connectivity index (χ4v) is 19.0. The molecule has 6 aromatic heterocycles. The van der Waals surface area contributed by atoms with Gasteiger partial charge in [-0.3, -0.25) is 0 Å². The van der Waals surface area contributed by atoms with Crippen LogP contribution in [0.1, 0.15) is 0 Å². The Labute approximate surface area is 714 Å². The highest BCUT2D eigenvalue weighted by molar-refractivity contribution is 6.21. The lowest BCUT2D eigenvalue weighted by Gasteiger charge is -2.14. The Morgan fingerprint density at radius 3 is 0.992 bits per heavy atom. The fourth-order valence-electron chi connectivity index (χ4n) is 19.0. The minimum Gasteiger partial charge on any atom is -0.309 e. The van der Waals surface area contributed by atoms with Gasteiger partial charge in [-0.2, -0.15) is 0 Å². The quantitative estimate of drug-likeness (QED) is 0.122. The van der Waals surface area contributed by atoms with Crippen LogP contribution in [0.4, 0.5) is 0 Å². The summed E-state index contributed by atoms with van der Waals surface area (Å²) in [5, 5.41) is 17.3. The summed E-state index contributed by atoms with van der Waals surface area (Å²) in [6.45, 7) is 0. The van der Waals surface area contributed by atoms with Crippen molar-refractivity contribution >= 4 is 120 Å². The van der Waals surface area contributed by atoms with E-state index in [1.54, 1.807) is 0 Å². The second-order valence-corrected chi connectivity index (χ2v) is 32.0. The highest BCUT2D eigenvalue weighted by Gasteiger charge is 2.24. The van der Waals surface area contributed by atoms with Gasteiger partial charge >= 0.3 is 0 Å². The van der Waals surface area contributed by atoms with E-state index in [9.17, 15) is 0 Å². The SMILES string of the molecule is c1ccc(-c2cc(-c3ccc(-n4c5ccccc5c5cc6c7ccccc7n(-c7cccc8ccccc78)c6cc54)cc3)nc(-c3ccc(-c4cccc5ccccc45)cc3)n2)cc1.c1ccc(-c2cc(-c3ccccc3-c3ccccc3)nc(-c3ccc(-n4c5ccccc5c5cc6c7ccccc7n(-c7ccc8ccccc8c7)c6cc54)cc3)n2)cc1. The van der Waals surface area contributed by atoms with Gasteiger partial charge in [-0.15, -0.1) is 0 Å². The summed E-state index contributed by atoms with van der Waals surface area (Å²) >= 11 is 0. The lowest BCUT2D eigenvalue weighted by atomic mass is 9.96. The van der Waals surface area contributed by atoms with Gasteiger partial charge in [0, 0.05) is 98.9 Å². The molecule has 8 nitrogen and oxygen atoms in total. The summed E-state index contributed by atoms with van der Waals surface area (Å²) in [5.74, 6) is 1.38. The average Bonchev–Trinajstić information content (AvgIpc) is 1.56. The maximum atomic E-state index is 5.27. The van der Waals surface area contributed by atoms with Crippen LogP contribution in [0.5, 0.6) is 0 Å². The van der Waals surface area contributed by atoms with Crippen molar-refractivity contribution in [3.63, 3.8) is 0 Å². The van der Waals surface area contributed by atoms with E-state index >= 15 is 0 Å². The Balaban J connectivity index is 0.000000140. The van der Waals surface area contributed by atoms with Crippen LogP contribution < -0.4 is 0 Å². The molecule has 578 valence electrons. The van der Waals surface area contributed by atoms with Gasteiger partial charge in [-0.05, 0) is 164 Å². The first-order valence-corrected chi connectivity index (χ1v) is 42.2. The zero-order valence-electron chi connectivity index (χ0n) is 67.3. The molecule has 124 heavy (non-hydrogen) atoms. The van der Waals surface area contributed by atoms with E-state index < -0.39 is 0 Å². The maximum Gasteiger partial charge on any atom is 0.160 e. The summed E-state index contributed by atoms with van der Waals surface area (Å²) in [4.78, 5) is 20.8. The highest BCUT2D eigenvalue weighted by Crippen LogP contribution is 2.45. The zero-order chi connectivity index (χ0) is 81.7. The molecule has 0 aliphatic rings. The van der Waals surface area contributed by atoms with Gasteiger partial charge in [0.1, 0.15) is 0 Å². The lowest BCUT2D eigenvalue weighted by molar-refractivity contribution is 1.16. The van der Waals surface area contributed by atoms with Crippen molar-refractivity contribution in [2.75, 3.05) is 0 Å². The molecule has 19 aromatic carbocycles. The van der Waals surface area contributed by atoms with E-state index in [0.29, 0.717) is 11.6 Å². The first-order chi connectivity index (χ1) is 61.5. The van der Waals surface area contributed by atoms with Crippen molar-refractivity contribution in [1.82, 2.24) is 38.2 Å². The van der Waals surface area contributed by atoms with Gasteiger partial charge in [0.15, 0.2) is 11.6 Å². The van der Waals surface area contributed by atoms with Crippen LogP contribution in [0.2, 0.25) is 0 Å². The van der Waals surface area contributed by atoms with Crippen molar-refractivity contribution in [1.29, 1.82) is 0 Å². The molecule has 25 aromatic rings. The molecule has 0 saturated carbocycles. The molecule has 0 radical (unpaired) electrons. The van der Waals surface area contributed by atoms with Gasteiger partial charge in [-0.25, -0.2) is 19.9 Å². The molecule has 0 bridgehead atoms. The summed E-state index contributed by atoms with van der Waals surface area (Å²) < 4.78 is 9.69. The predicted molar refractivity (Wildman–Crippen MR) is 517 cm³/mol. The van der Waals surface area contributed by atoms with Crippen molar-refractivity contribution in [2.45, 2.75) is 0 Å². The van der Waals surface area contributed by atoms with Gasteiger partial charge in [0.2, 0.25) is 0 Å². The van der Waals surface area contributed by atoms with Crippen molar-refractivity contribution < 1.29 is 0 Å². The predicted octanol–water partition coefficient (Wildman–Crippen LogP) is 30.1. The topological polar surface area (TPSA) is 71.3 Å². The molecule has 0 fully saturated rings. The number of benzene rings is 19. The third-order valence-electron chi connectivity index (χ3n) is 24.9. The Morgan fingerprint density at radius 1 is 0.145 bits per heavy atom. The standard InChI is InChI=1S/C60H38N4.C56H36N4/c1-2-16-42(17-3-1)53-37-54(62-60(61-53)44-30-28-41(29-31-44)47-24-12-18-39-14-4-6-20-46(39)47)43-32-34-45(35-33-43)63-56-25-10-8-22-49(56)51-36-52-50-23-9-11-26-57(50)64(59(52)38-58(51)63)55-27-13-19-40-15-5-7-21-48(40)55;1-3-16-38(17-4-1)44-21-9-10-22-45(44)51-35-50(39-18-5-2-6-19-39)57-56(58-51)40-28-30-42(31-29-40)59-52-25-13-11-23-46(52)48-34-49-47-24-12-14-26-53(47)60(55(49)36-54(48)59)43-32-27-37-15-7-8-20-41(37)33-43/h1-38H;1-36H. The van der Waals surface area contributed by atoms with Crippen LogP contribution >= 0.6 is 0 Å². The second-order valence-electron chi connectivity index (χ2n) is 32.0. The number of rotatable bonds is 12. The smallest absolute Gasteiger partial charge is 0.160 e.